The maximum Gasteiger partial charge on any atom is 0.339 e. The molecule has 0 aliphatic rings. The fourth-order valence-corrected chi connectivity index (χ4v) is 1.84. The van der Waals surface area contributed by atoms with Crippen LogP contribution in [0.2, 0.25) is 0 Å². The van der Waals surface area contributed by atoms with Crippen LogP contribution in [0.25, 0.3) is 0 Å². The number of nitrogens with zero attached hydrogens (tertiary/aromatic N) is 3. The summed E-state index contributed by atoms with van der Waals surface area (Å²) in [6.07, 6.45) is 1.52. The van der Waals surface area contributed by atoms with Gasteiger partial charge in [-0.25, -0.2) is 9.78 Å². The third-order valence-corrected chi connectivity index (χ3v) is 2.62. The molecule has 2 heterocycles. The summed E-state index contributed by atoms with van der Waals surface area (Å²) in [5.41, 5.74) is 3.39. The zero-order valence-corrected chi connectivity index (χ0v) is 8.86. The summed E-state index contributed by atoms with van der Waals surface area (Å²) in [6.45, 7) is 2.19. The molecular weight excluding hydrogens is 214 g/mol. The summed E-state index contributed by atoms with van der Waals surface area (Å²) in [4.78, 5) is 14.9. The normalized spacial score (nSPS) is 10.5. The third kappa shape index (κ3) is 2.04. The molecule has 0 saturated carbocycles. The summed E-state index contributed by atoms with van der Waals surface area (Å²) in [5, 5.41) is 14.9. The van der Waals surface area contributed by atoms with Crippen LogP contribution in [-0.4, -0.2) is 25.8 Å². The lowest BCUT2D eigenvalue weighted by atomic mass is 10.3. The average molecular weight is 223 g/mol. The third-order valence-electron chi connectivity index (χ3n) is 1.98. The van der Waals surface area contributed by atoms with Gasteiger partial charge in [-0.2, -0.15) is 5.10 Å². The number of aryl methyl sites for hydroxylation is 1. The number of aromatic nitrogens is 3. The lowest BCUT2D eigenvalue weighted by Gasteiger charge is -1.95. The maximum absolute atomic E-state index is 10.8. The highest BCUT2D eigenvalue weighted by Gasteiger charge is 2.11. The predicted octanol–water partition coefficient (Wildman–Crippen LogP) is 1.39. The second-order valence-corrected chi connectivity index (χ2v) is 3.83. The molecule has 2 aromatic heterocycles. The number of carbonyl (C=O) groups is 1. The van der Waals surface area contributed by atoms with Gasteiger partial charge in [0.15, 0.2) is 0 Å². The topological polar surface area (TPSA) is 68.0 Å². The minimum Gasteiger partial charge on any atom is -0.478 e. The first kappa shape index (κ1) is 9.85. The Balaban J connectivity index is 2.23. The van der Waals surface area contributed by atoms with Gasteiger partial charge in [-0.15, -0.1) is 11.3 Å². The van der Waals surface area contributed by atoms with E-state index in [-0.39, 0.29) is 5.56 Å². The number of thiazole rings is 1. The van der Waals surface area contributed by atoms with Crippen LogP contribution in [-0.2, 0) is 6.54 Å². The Bertz CT molecular complexity index is 476. The molecule has 6 heteroatoms. The zero-order chi connectivity index (χ0) is 10.8. The molecule has 0 aliphatic carbocycles. The Hall–Kier alpha value is -1.69. The SMILES string of the molecule is Cc1nn(Cc2cscn2)cc1C(=O)O. The summed E-state index contributed by atoms with van der Waals surface area (Å²) in [6, 6.07) is 0. The van der Waals surface area contributed by atoms with Crippen LogP contribution in [0.5, 0.6) is 0 Å². The summed E-state index contributed by atoms with van der Waals surface area (Å²) < 4.78 is 1.59. The lowest BCUT2D eigenvalue weighted by molar-refractivity contribution is 0.0696. The van der Waals surface area contributed by atoms with Gasteiger partial charge in [-0.3, -0.25) is 4.68 Å². The largest absolute Gasteiger partial charge is 0.478 e. The molecule has 0 aliphatic heterocycles. The van der Waals surface area contributed by atoms with E-state index in [0.29, 0.717) is 12.2 Å². The number of carboxylic acids is 1. The molecule has 78 valence electrons. The predicted molar refractivity (Wildman–Crippen MR) is 55.1 cm³/mol. The molecule has 0 spiro atoms. The standard InChI is InChI=1S/C9H9N3O2S/c1-6-8(9(13)14)3-12(11-6)2-7-4-15-5-10-7/h3-5H,2H2,1H3,(H,13,14). The van der Waals surface area contributed by atoms with Gasteiger partial charge >= 0.3 is 5.97 Å². The van der Waals surface area contributed by atoms with E-state index in [9.17, 15) is 4.79 Å². The molecule has 0 saturated heterocycles. The van der Waals surface area contributed by atoms with Crippen molar-refractivity contribution >= 4 is 17.3 Å². The minimum atomic E-state index is -0.947. The van der Waals surface area contributed by atoms with Gasteiger partial charge in [0.2, 0.25) is 0 Å². The molecule has 0 atom stereocenters. The van der Waals surface area contributed by atoms with Gasteiger partial charge in [0.1, 0.15) is 5.56 Å². The van der Waals surface area contributed by atoms with Gasteiger partial charge in [0, 0.05) is 11.6 Å². The van der Waals surface area contributed by atoms with Crippen molar-refractivity contribution in [3.8, 4) is 0 Å². The minimum absolute atomic E-state index is 0.241. The van der Waals surface area contributed by atoms with Gasteiger partial charge in [0.05, 0.1) is 23.4 Å². The number of carboxylic acid groups (broad SMARTS) is 1. The van der Waals surface area contributed by atoms with Crippen molar-refractivity contribution < 1.29 is 9.90 Å². The molecule has 5 nitrogen and oxygen atoms in total. The Morgan fingerprint density at radius 2 is 2.47 bits per heavy atom. The summed E-state index contributed by atoms with van der Waals surface area (Å²) in [5.74, 6) is -0.947. The molecule has 0 bridgehead atoms. The van der Waals surface area contributed by atoms with E-state index in [1.165, 1.54) is 17.5 Å². The number of hydrogen-bond donors (Lipinski definition) is 1. The van der Waals surface area contributed by atoms with E-state index < -0.39 is 5.97 Å². The molecular formula is C9H9N3O2S. The van der Waals surface area contributed by atoms with Crippen LogP contribution in [0.4, 0.5) is 0 Å². The smallest absolute Gasteiger partial charge is 0.339 e. The Labute approximate surface area is 90.0 Å². The molecule has 0 unspecified atom stereocenters. The molecule has 2 aromatic rings. The Morgan fingerprint density at radius 1 is 1.67 bits per heavy atom. The second kappa shape index (κ2) is 3.82. The van der Waals surface area contributed by atoms with E-state index in [2.05, 4.69) is 10.1 Å². The van der Waals surface area contributed by atoms with E-state index in [1.54, 1.807) is 17.1 Å². The molecule has 0 radical (unpaired) electrons. The van der Waals surface area contributed by atoms with Crippen LogP contribution in [0.3, 0.4) is 0 Å². The van der Waals surface area contributed by atoms with Crippen LogP contribution in [0.1, 0.15) is 21.7 Å². The van der Waals surface area contributed by atoms with Crippen molar-refractivity contribution in [2.75, 3.05) is 0 Å². The second-order valence-electron chi connectivity index (χ2n) is 3.11. The van der Waals surface area contributed by atoms with Crippen LogP contribution in [0.15, 0.2) is 17.1 Å². The molecule has 0 fully saturated rings. The highest BCUT2D eigenvalue weighted by Crippen LogP contribution is 2.08. The highest BCUT2D eigenvalue weighted by molar-refractivity contribution is 7.07. The van der Waals surface area contributed by atoms with Crippen molar-refractivity contribution in [2.45, 2.75) is 13.5 Å². The van der Waals surface area contributed by atoms with Gasteiger partial charge in [-0.05, 0) is 6.92 Å². The van der Waals surface area contributed by atoms with E-state index >= 15 is 0 Å². The number of rotatable bonds is 3. The van der Waals surface area contributed by atoms with Crippen molar-refractivity contribution in [2.24, 2.45) is 0 Å². The molecule has 0 aromatic carbocycles. The van der Waals surface area contributed by atoms with Gasteiger partial charge in [-0.1, -0.05) is 0 Å². The van der Waals surface area contributed by atoms with Crippen molar-refractivity contribution in [3.63, 3.8) is 0 Å². The van der Waals surface area contributed by atoms with Crippen molar-refractivity contribution in [1.29, 1.82) is 0 Å². The molecule has 2 rings (SSSR count). The van der Waals surface area contributed by atoms with E-state index in [1.807, 2.05) is 5.38 Å². The van der Waals surface area contributed by atoms with E-state index in [4.69, 9.17) is 5.11 Å². The summed E-state index contributed by atoms with van der Waals surface area (Å²) in [7, 11) is 0. The fourth-order valence-electron chi connectivity index (χ4n) is 1.29. The van der Waals surface area contributed by atoms with Crippen LogP contribution >= 0.6 is 11.3 Å². The van der Waals surface area contributed by atoms with Gasteiger partial charge in [0.25, 0.3) is 0 Å². The number of hydrogen-bond acceptors (Lipinski definition) is 4. The monoisotopic (exact) mass is 223 g/mol. The number of aromatic carboxylic acids is 1. The Kier molecular flexibility index (Phi) is 2.51. The Morgan fingerprint density at radius 3 is 3.00 bits per heavy atom. The zero-order valence-electron chi connectivity index (χ0n) is 8.04. The maximum atomic E-state index is 10.8. The molecule has 1 N–H and O–H groups in total. The molecule has 15 heavy (non-hydrogen) atoms. The van der Waals surface area contributed by atoms with Crippen LogP contribution in [0, 0.1) is 6.92 Å². The summed E-state index contributed by atoms with van der Waals surface area (Å²) >= 11 is 1.51. The quantitative estimate of drug-likeness (QED) is 0.853. The first-order valence-electron chi connectivity index (χ1n) is 4.31. The van der Waals surface area contributed by atoms with Crippen LogP contribution < -0.4 is 0 Å². The fraction of sp³-hybridized carbons (Fsp3) is 0.222. The van der Waals surface area contributed by atoms with Crippen molar-refractivity contribution in [3.05, 3.63) is 34.0 Å². The highest BCUT2D eigenvalue weighted by atomic mass is 32.1. The first-order chi connectivity index (χ1) is 7.16. The van der Waals surface area contributed by atoms with Crippen molar-refractivity contribution in [1.82, 2.24) is 14.8 Å². The lowest BCUT2D eigenvalue weighted by Crippen LogP contribution is -2.00. The van der Waals surface area contributed by atoms with Gasteiger partial charge < -0.3 is 5.11 Å². The molecule has 0 amide bonds. The first-order valence-corrected chi connectivity index (χ1v) is 5.25. The van der Waals surface area contributed by atoms with E-state index in [0.717, 1.165) is 5.69 Å². The average Bonchev–Trinajstić information content (AvgIpc) is 2.75.